The van der Waals surface area contributed by atoms with Crippen molar-refractivity contribution in [3.8, 4) is 0 Å². The molecule has 0 radical (unpaired) electrons. The fourth-order valence-electron chi connectivity index (χ4n) is 6.53. The monoisotopic (exact) mass is 743 g/mol. The first-order valence-corrected chi connectivity index (χ1v) is 21.1. The van der Waals surface area contributed by atoms with Crippen LogP contribution >= 0.6 is 0 Å². The van der Waals surface area contributed by atoms with Gasteiger partial charge in [-0.2, -0.15) is 26.3 Å². The van der Waals surface area contributed by atoms with Gasteiger partial charge in [-0.25, -0.2) is 0 Å². The van der Waals surface area contributed by atoms with Crippen LogP contribution in [0.2, 0.25) is 0 Å². The fourth-order valence-corrected chi connectivity index (χ4v) is 6.53. The Morgan fingerprint density at radius 1 is 0.333 bits per heavy atom. The van der Waals surface area contributed by atoms with Crippen molar-refractivity contribution in [3.05, 3.63) is 0 Å². The van der Waals surface area contributed by atoms with Crippen LogP contribution in [0, 0.1) is 0 Å². The molecule has 0 aromatic carbocycles. The van der Waals surface area contributed by atoms with E-state index >= 15 is 26.3 Å². The Labute approximate surface area is 308 Å². The van der Waals surface area contributed by atoms with E-state index in [0.717, 1.165) is 128 Å². The van der Waals surface area contributed by atoms with E-state index in [1.54, 1.807) is 0 Å². The maximum absolute atomic E-state index is 15.5. The molecule has 4 nitrogen and oxygen atoms in total. The minimum absolute atomic E-state index is 0.212. The average molecular weight is 743 g/mol. The van der Waals surface area contributed by atoms with E-state index in [2.05, 4.69) is 27.7 Å². The molecule has 2 amide bonds. The summed E-state index contributed by atoms with van der Waals surface area (Å²) in [7, 11) is 0. The first-order valence-electron chi connectivity index (χ1n) is 21.1. The predicted molar refractivity (Wildman–Crippen MR) is 200 cm³/mol. The second kappa shape index (κ2) is 29.9. The van der Waals surface area contributed by atoms with Gasteiger partial charge in [0, 0.05) is 26.2 Å². The molecule has 0 spiro atoms. The number of alkyl halides is 6. The number of halogens is 6. The van der Waals surface area contributed by atoms with Crippen molar-refractivity contribution in [1.29, 1.82) is 0 Å². The van der Waals surface area contributed by atoms with E-state index in [9.17, 15) is 9.59 Å². The Kier molecular flexibility index (Phi) is 29.0. The van der Waals surface area contributed by atoms with Crippen molar-refractivity contribution in [1.82, 2.24) is 9.80 Å². The summed E-state index contributed by atoms with van der Waals surface area (Å²) >= 11 is 0. The lowest BCUT2D eigenvalue weighted by Gasteiger charge is -2.36. The maximum Gasteiger partial charge on any atom is 0.393 e. The summed E-state index contributed by atoms with van der Waals surface area (Å²) in [5.41, 5.74) is 0. The number of hydrogen-bond acceptors (Lipinski definition) is 2. The van der Waals surface area contributed by atoms with E-state index in [1.807, 2.05) is 0 Å². The quantitative estimate of drug-likeness (QED) is 0.0474. The molecule has 304 valence electrons. The minimum Gasteiger partial charge on any atom is -0.337 e. The van der Waals surface area contributed by atoms with Crippen molar-refractivity contribution in [2.45, 2.75) is 225 Å². The number of carbonyl (C=O) groups is 2. The van der Waals surface area contributed by atoms with Crippen LogP contribution in [0.3, 0.4) is 0 Å². The van der Waals surface area contributed by atoms with E-state index in [0.29, 0.717) is 61.2 Å². The van der Waals surface area contributed by atoms with Crippen LogP contribution in [0.15, 0.2) is 0 Å². The van der Waals surface area contributed by atoms with Gasteiger partial charge in [-0.15, -0.1) is 0 Å². The number of unbranched alkanes of at least 4 members (excludes halogenated alkanes) is 24. The normalized spacial score (nSPS) is 12.4. The van der Waals surface area contributed by atoms with Crippen LogP contribution in [0.5, 0.6) is 0 Å². The Bertz CT molecular complexity index is 756. The topological polar surface area (TPSA) is 40.6 Å². The molecule has 0 unspecified atom stereocenters. The van der Waals surface area contributed by atoms with Crippen molar-refractivity contribution < 1.29 is 35.9 Å². The van der Waals surface area contributed by atoms with Crippen molar-refractivity contribution in [2.24, 2.45) is 0 Å². The first kappa shape index (κ1) is 49.5. The Balaban J connectivity index is 5.79. The number of amides is 2. The second-order valence-corrected chi connectivity index (χ2v) is 14.8. The summed E-state index contributed by atoms with van der Waals surface area (Å²) < 4.78 is 92.9. The molecular formula is C41H76F6N2O2. The SMILES string of the molecule is CCCCCCCCCN(CCCCCCCCC)C(=O)C(F)(F)C(F)(F)C(F)(F)C(=O)N(CCCCCCCCC)CCCCCCCCC. The summed E-state index contributed by atoms with van der Waals surface area (Å²) in [6, 6.07) is 0. The van der Waals surface area contributed by atoms with Crippen molar-refractivity contribution >= 4 is 11.8 Å². The predicted octanol–water partition coefficient (Wildman–Crippen LogP) is 13.6. The maximum atomic E-state index is 15.5. The highest BCUT2D eigenvalue weighted by Crippen LogP contribution is 2.47. The molecule has 51 heavy (non-hydrogen) atoms. The Hall–Kier alpha value is -1.48. The molecule has 0 aliphatic rings. The third kappa shape index (κ3) is 20.0. The highest BCUT2D eigenvalue weighted by Gasteiger charge is 2.78. The van der Waals surface area contributed by atoms with E-state index in [4.69, 9.17) is 0 Å². The van der Waals surface area contributed by atoms with Crippen LogP contribution in [0.25, 0.3) is 0 Å². The molecule has 0 heterocycles. The molecule has 0 saturated carbocycles. The van der Waals surface area contributed by atoms with Crippen molar-refractivity contribution in [3.63, 3.8) is 0 Å². The lowest BCUT2D eigenvalue weighted by Crippen LogP contribution is -2.66. The van der Waals surface area contributed by atoms with Gasteiger partial charge in [-0.05, 0) is 25.7 Å². The lowest BCUT2D eigenvalue weighted by molar-refractivity contribution is -0.293. The van der Waals surface area contributed by atoms with Gasteiger partial charge >= 0.3 is 17.8 Å². The van der Waals surface area contributed by atoms with Crippen LogP contribution in [0.4, 0.5) is 26.3 Å². The smallest absolute Gasteiger partial charge is 0.337 e. The zero-order valence-corrected chi connectivity index (χ0v) is 33.1. The zero-order valence-electron chi connectivity index (χ0n) is 33.1. The molecule has 10 heteroatoms. The Morgan fingerprint density at radius 2 is 0.510 bits per heavy atom. The van der Waals surface area contributed by atoms with Gasteiger partial charge in [0.05, 0.1) is 0 Å². The zero-order chi connectivity index (χ0) is 38.4. The average Bonchev–Trinajstić information content (AvgIpc) is 3.10. The van der Waals surface area contributed by atoms with Crippen molar-refractivity contribution in [2.75, 3.05) is 26.2 Å². The number of carbonyl (C=O) groups excluding carboxylic acids is 2. The summed E-state index contributed by atoms with van der Waals surface area (Å²) in [5, 5.41) is 0. The van der Waals surface area contributed by atoms with Gasteiger partial charge in [0.15, 0.2) is 0 Å². The fraction of sp³-hybridized carbons (Fsp3) is 0.951. The van der Waals surface area contributed by atoms with Crippen LogP contribution in [0.1, 0.15) is 207 Å². The number of nitrogens with zero attached hydrogens (tertiary/aromatic N) is 2. The molecule has 0 aromatic heterocycles. The van der Waals surface area contributed by atoms with Crippen LogP contribution in [-0.4, -0.2) is 65.6 Å². The van der Waals surface area contributed by atoms with Gasteiger partial charge in [0.2, 0.25) is 0 Å². The third-order valence-electron chi connectivity index (χ3n) is 10.0. The molecule has 0 bridgehead atoms. The van der Waals surface area contributed by atoms with Gasteiger partial charge in [0.25, 0.3) is 11.8 Å². The summed E-state index contributed by atoms with van der Waals surface area (Å²) in [5.74, 6) is -22.3. The lowest BCUT2D eigenvalue weighted by atomic mass is 10.0. The van der Waals surface area contributed by atoms with E-state index < -0.39 is 29.6 Å². The molecule has 0 N–H and O–H groups in total. The molecule has 0 aliphatic carbocycles. The summed E-state index contributed by atoms with van der Waals surface area (Å²) in [4.78, 5) is 27.6. The summed E-state index contributed by atoms with van der Waals surface area (Å²) in [6.07, 6.45) is 23.4. The third-order valence-corrected chi connectivity index (χ3v) is 10.0. The van der Waals surface area contributed by atoms with Gasteiger partial charge in [0.1, 0.15) is 0 Å². The van der Waals surface area contributed by atoms with E-state index in [-0.39, 0.29) is 26.2 Å². The highest BCUT2D eigenvalue weighted by atomic mass is 19.3. The van der Waals surface area contributed by atoms with E-state index in [1.165, 1.54) is 0 Å². The molecule has 0 atom stereocenters. The number of hydrogen-bond donors (Lipinski definition) is 0. The minimum atomic E-state index is -6.19. The second-order valence-electron chi connectivity index (χ2n) is 14.8. The molecule has 0 rings (SSSR count). The van der Waals surface area contributed by atoms with Crippen LogP contribution < -0.4 is 0 Å². The molecule has 0 aliphatic heterocycles. The highest BCUT2D eigenvalue weighted by molar-refractivity contribution is 5.90. The largest absolute Gasteiger partial charge is 0.393 e. The number of rotatable bonds is 36. The van der Waals surface area contributed by atoms with Gasteiger partial charge in [-0.1, -0.05) is 182 Å². The molecule has 0 aromatic rings. The van der Waals surface area contributed by atoms with Gasteiger partial charge in [-0.3, -0.25) is 9.59 Å². The molecular weight excluding hydrogens is 666 g/mol. The molecule has 0 fully saturated rings. The summed E-state index contributed by atoms with van der Waals surface area (Å²) in [6.45, 7) is 7.50. The first-order chi connectivity index (χ1) is 24.4. The molecule has 0 saturated heterocycles. The standard InChI is InChI=1S/C41H76F6N2O2/c1-5-9-13-17-21-25-29-33-48(34-30-26-22-18-14-10-6-2)37(50)39(42,43)41(46,47)40(44,45)38(51)49(35-31-27-23-19-15-11-7-3)36-32-28-24-20-16-12-8-4/h5-36H2,1-4H3. The van der Waals surface area contributed by atoms with Crippen LogP contribution in [-0.2, 0) is 9.59 Å². The van der Waals surface area contributed by atoms with Gasteiger partial charge < -0.3 is 9.80 Å². The Morgan fingerprint density at radius 3 is 0.706 bits per heavy atom.